The zero-order valence-electron chi connectivity index (χ0n) is 9.24. The van der Waals surface area contributed by atoms with Crippen molar-refractivity contribution in [2.24, 2.45) is 0 Å². The Bertz CT molecular complexity index is 470. The molecule has 1 heterocycles. The number of rotatable bonds is 5. The highest BCUT2D eigenvalue weighted by Gasteiger charge is 2.00. The summed E-state index contributed by atoms with van der Waals surface area (Å²) in [5.74, 6) is -0.197. The van der Waals surface area contributed by atoms with E-state index in [0.29, 0.717) is 6.54 Å². The van der Waals surface area contributed by atoms with Crippen LogP contribution in [0.25, 0.3) is 0 Å². The topological polar surface area (TPSA) is 83.2 Å². The first-order valence-corrected chi connectivity index (χ1v) is 5.31. The van der Waals surface area contributed by atoms with Crippen LogP contribution in [0.5, 0.6) is 11.5 Å². The van der Waals surface area contributed by atoms with E-state index in [9.17, 15) is 5.11 Å². The van der Waals surface area contributed by atoms with Gasteiger partial charge in [0.05, 0.1) is 12.7 Å². The summed E-state index contributed by atoms with van der Waals surface area (Å²) >= 11 is 0. The Hall–Kier alpha value is -2.08. The molecule has 0 bridgehead atoms. The van der Waals surface area contributed by atoms with Crippen molar-refractivity contribution >= 4 is 0 Å². The summed E-state index contributed by atoms with van der Waals surface area (Å²) in [6.07, 6.45) is 3.44. The van der Waals surface area contributed by atoms with E-state index in [4.69, 9.17) is 5.11 Å². The average Bonchev–Trinajstić information content (AvgIpc) is 2.82. The van der Waals surface area contributed by atoms with Crippen LogP contribution in [0.1, 0.15) is 5.56 Å². The minimum absolute atomic E-state index is 0.0967. The predicted molar refractivity (Wildman–Crippen MR) is 61.5 cm³/mol. The maximum atomic E-state index is 9.31. The highest BCUT2D eigenvalue weighted by Crippen LogP contribution is 2.24. The van der Waals surface area contributed by atoms with Crippen LogP contribution in [0.15, 0.2) is 30.6 Å². The van der Waals surface area contributed by atoms with E-state index in [1.165, 1.54) is 12.1 Å². The second kappa shape index (κ2) is 5.31. The van der Waals surface area contributed by atoms with E-state index in [-0.39, 0.29) is 11.5 Å². The van der Waals surface area contributed by atoms with Gasteiger partial charge in [-0.25, -0.2) is 0 Å². The van der Waals surface area contributed by atoms with Gasteiger partial charge in [0.1, 0.15) is 0 Å². The number of hydrogen-bond acceptors (Lipinski definition) is 5. The minimum atomic E-state index is -0.101. The smallest absolute Gasteiger partial charge is 0.157 e. The van der Waals surface area contributed by atoms with Crippen LogP contribution in [-0.2, 0) is 13.1 Å². The Balaban J connectivity index is 1.76. The molecule has 90 valence electrons. The highest BCUT2D eigenvalue weighted by atomic mass is 16.3. The Labute approximate surface area is 98.5 Å². The van der Waals surface area contributed by atoms with Crippen molar-refractivity contribution in [2.75, 3.05) is 6.54 Å². The maximum Gasteiger partial charge on any atom is 0.157 e. The van der Waals surface area contributed by atoms with Crippen molar-refractivity contribution in [3.8, 4) is 11.5 Å². The summed E-state index contributed by atoms with van der Waals surface area (Å²) < 4.78 is 1.74. The summed E-state index contributed by atoms with van der Waals surface area (Å²) in [6, 6.07) is 4.78. The van der Waals surface area contributed by atoms with Gasteiger partial charge in [-0.1, -0.05) is 11.3 Å². The second-order valence-electron chi connectivity index (χ2n) is 3.67. The number of benzene rings is 1. The Kier molecular flexibility index (Phi) is 3.56. The van der Waals surface area contributed by atoms with E-state index in [1.54, 1.807) is 23.1 Å². The molecule has 0 saturated carbocycles. The van der Waals surface area contributed by atoms with E-state index in [0.717, 1.165) is 18.7 Å². The number of hydrogen-bond donors (Lipinski definition) is 3. The van der Waals surface area contributed by atoms with Gasteiger partial charge in [-0.2, -0.15) is 0 Å². The fraction of sp³-hybridized carbons (Fsp3) is 0.273. The molecule has 0 spiro atoms. The van der Waals surface area contributed by atoms with Gasteiger partial charge in [0.2, 0.25) is 0 Å². The van der Waals surface area contributed by atoms with E-state index in [1.807, 2.05) is 0 Å². The summed E-state index contributed by atoms with van der Waals surface area (Å²) in [6.45, 7) is 2.12. The van der Waals surface area contributed by atoms with Crippen LogP contribution in [0.4, 0.5) is 0 Å². The first-order valence-electron chi connectivity index (χ1n) is 5.31. The lowest BCUT2D eigenvalue weighted by atomic mass is 10.2. The van der Waals surface area contributed by atoms with Gasteiger partial charge in [-0.05, 0) is 17.7 Å². The molecule has 1 aromatic carbocycles. The number of nitrogens with one attached hydrogen (secondary N) is 1. The van der Waals surface area contributed by atoms with Gasteiger partial charge < -0.3 is 15.5 Å². The van der Waals surface area contributed by atoms with Crippen molar-refractivity contribution < 1.29 is 10.2 Å². The molecular formula is C11H14N4O2. The van der Waals surface area contributed by atoms with E-state index < -0.39 is 0 Å². The van der Waals surface area contributed by atoms with Crippen LogP contribution in [-0.4, -0.2) is 31.8 Å². The first kappa shape index (κ1) is 11.4. The predicted octanol–water partition coefficient (Wildman–Crippen LogP) is 0.479. The third-order valence-electron chi connectivity index (χ3n) is 2.36. The molecule has 0 fully saturated rings. The molecule has 0 aliphatic carbocycles. The molecule has 0 atom stereocenters. The molecule has 17 heavy (non-hydrogen) atoms. The third kappa shape index (κ3) is 3.18. The quantitative estimate of drug-likeness (QED) is 0.517. The first-order chi connectivity index (χ1) is 8.25. The largest absolute Gasteiger partial charge is 0.504 e. The summed E-state index contributed by atoms with van der Waals surface area (Å²) in [5, 5.41) is 29.2. The van der Waals surface area contributed by atoms with Gasteiger partial charge >= 0.3 is 0 Å². The molecule has 2 rings (SSSR count). The average molecular weight is 234 g/mol. The van der Waals surface area contributed by atoms with Crippen molar-refractivity contribution in [2.45, 2.75) is 13.1 Å². The van der Waals surface area contributed by atoms with Gasteiger partial charge in [-0.15, -0.1) is 5.10 Å². The fourth-order valence-electron chi connectivity index (χ4n) is 1.46. The molecule has 1 aromatic heterocycles. The number of phenolic OH excluding ortho intramolecular Hbond substituents is 2. The monoisotopic (exact) mass is 234 g/mol. The molecule has 0 amide bonds. The lowest BCUT2D eigenvalue weighted by Gasteiger charge is -2.06. The Morgan fingerprint density at radius 3 is 2.82 bits per heavy atom. The molecule has 0 radical (unpaired) electrons. The van der Waals surface area contributed by atoms with Crippen LogP contribution >= 0.6 is 0 Å². The third-order valence-corrected chi connectivity index (χ3v) is 2.36. The van der Waals surface area contributed by atoms with Crippen molar-refractivity contribution in [3.05, 3.63) is 36.2 Å². The minimum Gasteiger partial charge on any atom is -0.504 e. The van der Waals surface area contributed by atoms with Crippen molar-refractivity contribution in [3.63, 3.8) is 0 Å². The van der Waals surface area contributed by atoms with E-state index >= 15 is 0 Å². The van der Waals surface area contributed by atoms with Crippen LogP contribution in [0.3, 0.4) is 0 Å². The van der Waals surface area contributed by atoms with Crippen LogP contribution in [0, 0.1) is 0 Å². The van der Waals surface area contributed by atoms with Gasteiger partial charge in [0.25, 0.3) is 0 Å². The normalized spacial score (nSPS) is 10.6. The SMILES string of the molecule is Oc1ccc(CNCCn2ccnn2)cc1O. The summed E-state index contributed by atoms with van der Waals surface area (Å²) in [7, 11) is 0. The van der Waals surface area contributed by atoms with Gasteiger partial charge in [0.15, 0.2) is 11.5 Å². The molecule has 0 aliphatic rings. The molecule has 2 aromatic rings. The lowest BCUT2D eigenvalue weighted by Crippen LogP contribution is -2.19. The summed E-state index contributed by atoms with van der Waals surface area (Å²) in [5.41, 5.74) is 0.916. The zero-order chi connectivity index (χ0) is 12.1. The second-order valence-corrected chi connectivity index (χ2v) is 3.67. The van der Waals surface area contributed by atoms with Crippen molar-refractivity contribution in [1.29, 1.82) is 0 Å². The summed E-state index contributed by atoms with van der Waals surface area (Å²) in [4.78, 5) is 0. The van der Waals surface area contributed by atoms with Crippen LogP contribution < -0.4 is 5.32 Å². The van der Waals surface area contributed by atoms with Crippen LogP contribution in [0.2, 0.25) is 0 Å². The number of aromatic hydroxyl groups is 2. The molecule has 6 heteroatoms. The molecule has 6 nitrogen and oxygen atoms in total. The van der Waals surface area contributed by atoms with E-state index in [2.05, 4.69) is 15.6 Å². The lowest BCUT2D eigenvalue weighted by molar-refractivity contribution is 0.403. The number of phenols is 2. The zero-order valence-corrected chi connectivity index (χ0v) is 9.24. The van der Waals surface area contributed by atoms with Gasteiger partial charge in [-0.3, -0.25) is 4.68 Å². The highest BCUT2D eigenvalue weighted by molar-refractivity contribution is 5.40. The van der Waals surface area contributed by atoms with Crippen molar-refractivity contribution in [1.82, 2.24) is 20.3 Å². The van der Waals surface area contributed by atoms with Gasteiger partial charge in [0, 0.05) is 19.3 Å². The fourth-order valence-corrected chi connectivity index (χ4v) is 1.46. The standard InChI is InChI=1S/C11H14N4O2/c16-10-2-1-9(7-11(10)17)8-12-3-5-15-6-4-13-14-15/h1-2,4,6-7,12,16-17H,3,5,8H2. The molecule has 3 N–H and O–H groups in total. The molecule has 0 aliphatic heterocycles. The molecule has 0 unspecified atom stereocenters. The number of nitrogens with zero attached hydrogens (tertiary/aromatic N) is 3. The molecular weight excluding hydrogens is 220 g/mol. The Morgan fingerprint density at radius 1 is 1.24 bits per heavy atom. The maximum absolute atomic E-state index is 9.31. The number of aromatic nitrogens is 3. The molecule has 0 saturated heterocycles. The Morgan fingerprint density at radius 2 is 2.12 bits per heavy atom.